The first-order chi connectivity index (χ1) is 8.80. The fraction of sp³-hybridized carbons (Fsp3) is 0.357. The average molecular weight is 261 g/mol. The van der Waals surface area contributed by atoms with Crippen molar-refractivity contribution < 1.29 is 14.5 Å². The Morgan fingerprint density at radius 1 is 1.32 bits per heavy atom. The predicted octanol–water partition coefficient (Wildman–Crippen LogP) is 2.54. The van der Waals surface area contributed by atoms with Crippen LogP contribution in [0.25, 0.3) is 0 Å². The Morgan fingerprint density at radius 3 is 2.37 bits per heavy atom. The first-order valence-electron chi connectivity index (χ1n) is 5.71. The summed E-state index contributed by atoms with van der Waals surface area (Å²) in [4.78, 5) is 21.4. The predicted molar refractivity (Wildman–Crippen MR) is 70.4 cm³/mol. The molecule has 0 bridgehead atoms. The highest BCUT2D eigenvalue weighted by molar-refractivity contribution is 5.75. The number of hydrogen-bond acceptors (Lipinski definition) is 4. The van der Waals surface area contributed by atoms with Gasteiger partial charge < -0.3 is 4.74 Å². The molecular weight excluding hydrogens is 246 g/mol. The zero-order valence-corrected chi connectivity index (χ0v) is 11.1. The molecule has 0 spiro atoms. The lowest BCUT2D eigenvalue weighted by atomic mass is 9.97. The number of nitrogens with zero attached hydrogens (tertiary/aromatic N) is 1. The zero-order chi connectivity index (χ0) is 14.5. The van der Waals surface area contributed by atoms with Gasteiger partial charge in [-0.25, -0.2) is 0 Å². The van der Waals surface area contributed by atoms with Crippen LogP contribution < -0.4 is 0 Å². The Kier molecular flexibility index (Phi) is 4.65. The molecule has 0 aliphatic carbocycles. The highest BCUT2D eigenvalue weighted by atomic mass is 16.6. The van der Waals surface area contributed by atoms with Gasteiger partial charge in [0.05, 0.1) is 10.3 Å². The molecule has 0 N–H and O–H groups in total. The number of esters is 1. The van der Waals surface area contributed by atoms with E-state index in [1.165, 1.54) is 12.1 Å². The third-order valence-electron chi connectivity index (χ3n) is 2.20. The van der Waals surface area contributed by atoms with E-state index in [1.807, 2.05) is 0 Å². The third-order valence-corrected chi connectivity index (χ3v) is 2.20. The number of carbonyl (C=O) groups is 1. The Bertz CT molecular complexity index is 529. The fourth-order valence-corrected chi connectivity index (χ4v) is 1.12. The molecule has 0 amide bonds. The monoisotopic (exact) mass is 261 g/mol. The van der Waals surface area contributed by atoms with Crippen LogP contribution in [0.15, 0.2) is 24.3 Å². The van der Waals surface area contributed by atoms with Gasteiger partial charge in [-0.2, -0.15) is 0 Å². The van der Waals surface area contributed by atoms with Gasteiger partial charge in [-0.1, -0.05) is 11.8 Å². The lowest BCUT2D eigenvalue weighted by Gasteiger charge is -2.14. The smallest absolute Gasteiger partial charge is 0.312 e. The SMILES string of the molecule is CC(C)(C)C(=O)OCC#Cc1ccc([N+](=O)[O-])cc1. The summed E-state index contributed by atoms with van der Waals surface area (Å²) in [7, 11) is 0. The van der Waals surface area contributed by atoms with Crippen molar-refractivity contribution >= 4 is 11.7 Å². The molecule has 19 heavy (non-hydrogen) atoms. The van der Waals surface area contributed by atoms with Gasteiger partial charge >= 0.3 is 5.97 Å². The number of nitro groups is 1. The second kappa shape index (κ2) is 6.01. The van der Waals surface area contributed by atoms with Crippen molar-refractivity contribution in [3.8, 4) is 11.8 Å². The molecular formula is C14H15NO4. The van der Waals surface area contributed by atoms with Gasteiger partial charge in [0.1, 0.15) is 0 Å². The van der Waals surface area contributed by atoms with Crippen molar-refractivity contribution in [2.75, 3.05) is 6.61 Å². The van der Waals surface area contributed by atoms with Crippen LogP contribution in [0, 0.1) is 27.4 Å². The molecule has 0 aliphatic rings. The molecule has 0 aliphatic heterocycles. The summed E-state index contributed by atoms with van der Waals surface area (Å²) in [5, 5.41) is 10.5. The van der Waals surface area contributed by atoms with Crippen molar-refractivity contribution in [3.63, 3.8) is 0 Å². The summed E-state index contributed by atoms with van der Waals surface area (Å²) in [6.07, 6.45) is 0. The number of ether oxygens (including phenoxy) is 1. The molecule has 0 fully saturated rings. The molecule has 100 valence electrons. The Hall–Kier alpha value is -2.35. The van der Waals surface area contributed by atoms with Gasteiger partial charge in [0.2, 0.25) is 0 Å². The van der Waals surface area contributed by atoms with Gasteiger partial charge in [0.25, 0.3) is 5.69 Å². The Morgan fingerprint density at radius 2 is 1.89 bits per heavy atom. The molecule has 0 unspecified atom stereocenters. The summed E-state index contributed by atoms with van der Waals surface area (Å²) in [5.41, 5.74) is 0.108. The average Bonchev–Trinajstić information content (AvgIpc) is 2.33. The van der Waals surface area contributed by atoms with Gasteiger partial charge in [0, 0.05) is 17.7 Å². The molecule has 1 aromatic rings. The minimum absolute atomic E-state index is 0.00703. The molecule has 5 nitrogen and oxygen atoms in total. The zero-order valence-electron chi connectivity index (χ0n) is 11.1. The van der Waals surface area contributed by atoms with E-state index in [2.05, 4.69) is 11.8 Å². The van der Waals surface area contributed by atoms with E-state index in [0.29, 0.717) is 5.56 Å². The lowest BCUT2D eigenvalue weighted by molar-refractivity contribution is -0.384. The highest BCUT2D eigenvalue weighted by Crippen LogP contribution is 2.14. The minimum Gasteiger partial charge on any atom is -0.452 e. The second-order valence-corrected chi connectivity index (χ2v) is 4.93. The molecule has 0 heterocycles. The molecule has 0 radical (unpaired) electrons. The van der Waals surface area contributed by atoms with Crippen molar-refractivity contribution in [3.05, 3.63) is 39.9 Å². The van der Waals surface area contributed by atoms with Crippen LogP contribution in [0.1, 0.15) is 26.3 Å². The quantitative estimate of drug-likeness (QED) is 0.355. The van der Waals surface area contributed by atoms with Crippen LogP contribution in [-0.2, 0) is 9.53 Å². The molecule has 0 atom stereocenters. The van der Waals surface area contributed by atoms with E-state index in [1.54, 1.807) is 32.9 Å². The second-order valence-electron chi connectivity index (χ2n) is 4.93. The van der Waals surface area contributed by atoms with E-state index in [0.717, 1.165) is 0 Å². The summed E-state index contributed by atoms with van der Waals surface area (Å²) < 4.78 is 4.97. The van der Waals surface area contributed by atoms with Gasteiger partial charge in [-0.05, 0) is 32.9 Å². The maximum atomic E-state index is 11.4. The maximum absolute atomic E-state index is 11.4. The standard InChI is InChI=1S/C14H15NO4/c1-14(2,3)13(16)19-10-4-5-11-6-8-12(9-7-11)15(17)18/h6-9H,10H2,1-3H3. The van der Waals surface area contributed by atoms with E-state index in [9.17, 15) is 14.9 Å². The number of rotatable bonds is 2. The van der Waals surface area contributed by atoms with Crippen molar-refractivity contribution in [1.82, 2.24) is 0 Å². The maximum Gasteiger partial charge on any atom is 0.312 e. The van der Waals surface area contributed by atoms with Gasteiger partial charge in [-0.15, -0.1) is 0 Å². The molecule has 0 saturated heterocycles. The number of benzene rings is 1. The topological polar surface area (TPSA) is 69.4 Å². The van der Waals surface area contributed by atoms with Crippen LogP contribution in [0.2, 0.25) is 0 Å². The van der Waals surface area contributed by atoms with Crippen molar-refractivity contribution in [2.24, 2.45) is 5.41 Å². The number of hydrogen-bond donors (Lipinski definition) is 0. The lowest BCUT2D eigenvalue weighted by Crippen LogP contribution is -2.22. The van der Waals surface area contributed by atoms with E-state index in [-0.39, 0.29) is 18.3 Å². The van der Waals surface area contributed by atoms with Crippen molar-refractivity contribution in [2.45, 2.75) is 20.8 Å². The molecule has 1 aromatic carbocycles. The van der Waals surface area contributed by atoms with Crippen molar-refractivity contribution in [1.29, 1.82) is 0 Å². The third kappa shape index (κ3) is 4.80. The van der Waals surface area contributed by atoms with Crippen LogP contribution in [0.3, 0.4) is 0 Å². The summed E-state index contributed by atoms with van der Waals surface area (Å²) in [5.74, 6) is 5.14. The number of carbonyl (C=O) groups excluding carboxylic acids is 1. The molecule has 0 aromatic heterocycles. The van der Waals surface area contributed by atoms with Crippen LogP contribution in [0.4, 0.5) is 5.69 Å². The number of non-ortho nitro benzene ring substituents is 1. The van der Waals surface area contributed by atoms with Crippen LogP contribution >= 0.6 is 0 Å². The van der Waals surface area contributed by atoms with Crippen LogP contribution in [0.5, 0.6) is 0 Å². The van der Waals surface area contributed by atoms with Gasteiger partial charge in [0.15, 0.2) is 6.61 Å². The normalized spacial score (nSPS) is 10.3. The highest BCUT2D eigenvalue weighted by Gasteiger charge is 2.22. The van der Waals surface area contributed by atoms with E-state index in [4.69, 9.17) is 4.74 Å². The molecule has 5 heteroatoms. The van der Waals surface area contributed by atoms with Crippen LogP contribution in [-0.4, -0.2) is 17.5 Å². The minimum atomic E-state index is -0.547. The summed E-state index contributed by atoms with van der Waals surface area (Å²) >= 11 is 0. The summed E-state index contributed by atoms with van der Waals surface area (Å²) in [6.45, 7) is 5.30. The Balaban J connectivity index is 2.55. The van der Waals surface area contributed by atoms with E-state index < -0.39 is 10.3 Å². The fourth-order valence-electron chi connectivity index (χ4n) is 1.12. The summed E-state index contributed by atoms with van der Waals surface area (Å²) in [6, 6.07) is 5.86. The first kappa shape index (κ1) is 14.7. The molecule has 1 rings (SSSR count). The van der Waals surface area contributed by atoms with Gasteiger partial charge in [-0.3, -0.25) is 14.9 Å². The number of nitro benzene ring substituents is 1. The largest absolute Gasteiger partial charge is 0.452 e. The molecule has 0 saturated carbocycles. The Labute approximate surface area is 111 Å². The van der Waals surface area contributed by atoms with E-state index >= 15 is 0 Å². The first-order valence-corrected chi connectivity index (χ1v) is 5.71.